The summed E-state index contributed by atoms with van der Waals surface area (Å²) in [6.07, 6.45) is 8.41. The standard InChI is InChI=1S/C15H24N2O3/c1-2-6-12-13(18)16-15(20)17(14(12)19)10-5-9-11-7-3-4-8-11/h11,19H,2-10H2,1H3,(H,16,18,20). The summed E-state index contributed by atoms with van der Waals surface area (Å²) in [7, 11) is 0. The first-order valence-corrected chi connectivity index (χ1v) is 7.68. The predicted molar refractivity (Wildman–Crippen MR) is 78.2 cm³/mol. The summed E-state index contributed by atoms with van der Waals surface area (Å²) >= 11 is 0. The first-order valence-electron chi connectivity index (χ1n) is 7.68. The van der Waals surface area contributed by atoms with Gasteiger partial charge in [0.25, 0.3) is 5.56 Å². The average Bonchev–Trinajstić information content (AvgIpc) is 2.91. The molecule has 0 spiro atoms. The highest BCUT2D eigenvalue weighted by Crippen LogP contribution is 2.28. The van der Waals surface area contributed by atoms with Crippen molar-refractivity contribution in [3.8, 4) is 5.88 Å². The highest BCUT2D eigenvalue weighted by atomic mass is 16.3. The van der Waals surface area contributed by atoms with Crippen LogP contribution < -0.4 is 11.2 Å². The molecule has 2 N–H and O–H groups in total. The summed E-state index contributed by atoms with van der Waals surface area (Å²) in [6.45, 7) is 2.42. The molecule has 1 aliphatic carbocycles. The number of aromatic amines is 1. The fourth-order valence-corrected chi connectivity index (χ4v) is 3.12. The Labute approximate surface area is 118 Å². The Balaban J connectivity index is 2.08. The van der Waals surface area contributed by atoms with E-state index in [1.165, 1.54) is 30.3 Å². The van der Waals surface area contributed by atoms with Crippen molar-refractivity contribution in [2.24, 2.45) is 5.92 Å². The van der Waals surface area contributed by atoms with Crippen LogP contribution in [-0.4, -0.2) is 14.7 Å². The fraction of sp³-hybridized carbons (Fsp3) is 0.733. The molecule has 0 bridgehead atoms. The molecule has 0 unspecified atom stereocenters. The summed E-state index contributed by atoms with van der Waals surface area (Å²) < 4.78 is 1.31. The molecule has 1 aromatic heterocycles. The molecule has 1 heterocycles. The molecule has 2 rings (SSSR count). The second-order valence-corrected chi connectivity index (χ2v) is 5.76. The van der Waals surface area contributed by atoms with Crippen molar-refractivity contribution in [3.63, 3.8) is 0 Å². The molecule has 0 aromatic carbocycles. The van der Waals surface area contributed by atoms with Crippen LogP contribution in [0.2, 0.25) is 0 Å². The second kappa shape index (κ2) is 6.77. The van der Waals surface area contributed by atoms with Gasteiger partial charge < -0.3 is 5.11 Å². The van der Waals surface area contributed by atoms with Gasteiger partial charge >= 0.3 is 5.69 Å². The van der Waals surface area contributed by atoms with Gasteiger partial charge in [0.2, 0.25) is 5.88 Å². The van der Waals surface area contributed by atoms with Crippen LogP contribution in [0.25, 0.3) is 0 Å². The van der Waals surface area contributed by atoms with Gasteiger partial charge in [0.1, 0.15) is 0 Å². The topological polar surface area (TPSA) is 75.1 Å². The minimum absolute atomic E-state index is 0.146. The van der Waals surface area contributed by atoms with E-state index in [9.17, 15) is 14.7 Å². The lowest BCUT2D eigenvalue weighted by Gasteiger charge is -2.12. The average molecular weight is 280 g/mol. The number of nitrogens with one attached hydrogen (secondary N) is 1. The van der Waals surface area contributed by atoms with Crippen molar-refractivity contribution in [3.05, 3.63) is 26.4 Å². The SMILES string of the molecule is CCCc1c(O)n(CCCC2CCCC2)c(=O)[nH]c1=O. The Hall–Kier alpha value is -1.52. The zero-order valence-corrected chi connectivity index (χ0v) is 12.2. The van der Waals surface area contributed by atoms with E-state index in [0.717, 1.165) is 25.2 Å². The van der Waals surface area contributed by atoms with E-state index in [4.69, 9.17) is 0 Å². The van der Waals surface area contributed by atoms with Crippen LogP contribution in [0, 0.1) is 5.92 Å². The van der Waals surface area contributed by atoms with Crippen molar-refractivity contribution >= 4 is 0 Å². The molecule has 112 valence electrons. The normalized spacial score (nSPS) is 15.8. The zero-order chi connectivity index (χ0) is 14.5. The lowest BCUT2D eigenvalue weighted by Crippen LogP contribution is -2.32. The van der Waals surface area contributed by atoms with Gasteiger partial charge in [0.05, 0.1) is 5.56 Å². The fourth-order valence-electron chi connectivity index (χ4n) is 3.12. The molecule has 1 saturated carbocycles. The highest BCUT2D eigenvalue weighted by Gasteiger charge is 2.16. The maximum Gasteiger partial charge on any atom is 0.331 e. The quantitative estimate of drug-likeness (QED) is 0.838. The van der Waals surface area contributed by atoms with Gasteiger partial charge in [0.15, 0.2) is 0 Å². The Morgan fingerprint density at radius 2 is 2.00 bits per heavy atom. The number of nitrogens with zero attached hydrogens (tertiary/aromatic N) is 1. The highest BCUT2D eigenvalue weighted by molar-refractivity contribution is 5.22. The first-order chi connectivity index (χ1) is 9.63. The molecular weight excluding hydrogens is 256 g/mol. The van der Waals surface area contributed by atoms with Crippen LogP contribution in [0.1, 0.15) is 57.4 Å². The van der Waals surface area contributed by atoms with Gasteiger partial charge in [-0.05, 0) is 25.2 Å². The van der Waals surface area contributed by atoms with Crippen LogP contribution in [-0.2, 0) is 13.0 Å². The van der Waals surface area contributed by atoms with E-state index in [1.807, 2.05) is 6.92 Å². The number of rotatable bonds is 6. The number of H-pyrrole nitrogens is 1. The lowest BCUT2D eigenvalue weighted by molar-refractivity contribution is 0.375. The largest absolute Gasteiger partial charge is 0.494 e. The molecule has 0 amide bonds. The van der Waals surface area contributed by atoms with E-state index < -0.39 is 11.2 Å². The van der Waals surface area contributed by atoms with Crippen LogP contribution in [0.5, 0.6) is 5.88 Å². The van der Waals surface area contributed by atoms with Gasteiger partial charge in [-0.25, -0.2) is 4.79 Å². The minimum atomic E-state index is -0.501. The van der Waals surface area contributed by atoms with E-state index in [0.29, 0.717) is 18.5 Å². The minimum Gasteiger partial charge on any atom is -0.494 e. The van der Waals surface area contributed by atoms with Gasteiger partial charge in [-0.1, -0.05) is 39.0 Å². The molecule has 0 saturated heterocycles. The molecule has 5 heteroatoms. The molecule has 0 radical (unpaired) electrons. The third-order valence-electron chi connectivity index (χ3n) is 4.23. The maximum absolute atomic E-state index is 11.8. The zero-order valence-electron chi connectivity index (χ0n) is 12.2. The first kappa shape index (κ1) is 14.9. The van der Waals surface area contributed by atoms with E-state index in [-0.39, 0.29) is 5.88 Å². The molecule has 1 aromatic rings. The van der Waals surface area contributed by atoms with Crippen molar-refractivity contribution in [1.82, 2.24) is 9.55 Å². The Morgan fingerprint density at radius 3 is 2.65 bits per heavy atom. The van der Waals surface area contributed by atoms with E-state index in [1.54, 1.807) is 0 Å². The van der Waals surface area contributed by atoms with Gasteiger partial charge in [-0.15, -0.1) is 0 Å². The summed E-state index contributed by atoms with van der Waals surface area (Å²) in [6, 6.07) is 0. The molecule has 20 heavy (non-hydrogen) atoms. The third-order valence-corrected chi connectivity index (χ3v) is 4.23. The van der Waals surface area contributed by atoms with Crippen LogP contribution >= 0.6 is 0 Å². The van der Waals surface area contributed by atoms with Crippen LogP contribution in [0.4, 0.5) is 0 Å². The Bertz CT molecular complexity index is 553. The van der Waals surface area contributed by atoms with Gasteiger partial charge in [0, 0.05) is 6.54 Å². The molecular formula is C15H24N2O3. The van der Waals surface area contributed by atoms with Crippen LogP contribution in [0.15, 0.2) is 9.59 Å². The maximum atomic E-state index is 11.8. The summed E-state index contributed by atoms with van der Waals surface area (Å²) in [5.74, 6) is 0.623. The summed E-state index contributed by atoms with van der Waals surface area (Å²) in [4.78, 5) is 25.8. The molecule has 0 aliphatic heterocycles. The number of hydrogen-bond donors (Lipinski definition) is 2. The lowest BCUT2D eigenvalue weighted by atomic mass is 10.0. The molecule has 1 fully saturated rings. The summed E-state index contributed by atoms with van der Waals surface area (Å²) in [5.41, 5.74) is -0.631. The Morgan fingerprint density at radius 1 is 1.30 bits per heavy atom. The van der Waals surface area contributed by atoms with Crippen molar-refractivity contribution in [2.75, 3.05) is 0 Å². The van der Waals surface area contributed by atoms with Crippen molar-refractivity contribution in [1.29, 1.82) is 0 Å². The van der Waals surface area contributed by atoms with Crippen LogP contribution in [0.3, 0.4) is 0 Å². The number of aromatic hydroxyl groups is 1. The van der Waals surface area contributed by atoms with Gasteiger partial charge in [-0.2, -0.15) is 0 Å². The summed E-state index contributed by atoms with van der Waals surface area (Å²) in [5, 5.41) is 10.1. The third kappa shape index (κ3) is 3.32. The smallest absolute Gasteiger partial charge is 0.331 e. The van der Waals surface area contributed by atoms with Crippen molar-refractivity contribution < 1.29 is 5.11 Å². The van der Waals surface area contributed by atoms with Crippen molar-refractivity contribution in [2.45, 2.75) is 64.8 Å². The number of hydrogen-bond acceptors (Lipinski definition) is 3. The Kier molecular flexibility index (Phi) is 5.04. The molecule has 0 atom stereocenters. The predicted octanol–water partition coefficient (Wildman–Crippen LogP) is 2.17. The van der Waals surface area contributed by atoms with E-state index >= 15 is 0 Å². The molecule has 1 aliphatic rings. The number of aromatic nitrogens is 2. The van der Waals surface area contributed by atoms with E-state index in [2.05, 4.69) is 4.98 Å². The monoisotopic (exact) mass is 280 g/mol. The molecule has 5 nitrogen and oxygen atoms in total. The van der Waals surface area contributed by atoms with Gasteiger partial charge in [-0.3, -0.25) is 14.3 Å². The second-order valence-electron chi connectivity index (χ2n) is 5.76.